The number of benzene rings is 2. The Labute approximate surface area is 231 Å². The number of nitrogens with one attached hydrogen (secondary N) is 2. The highest BCUT2D eigenvalue weighted by Gasteiger charge is 2.37. The Bertz CT molecular complexity index is 1500. The molecule has 2 aromatic carbocycles. The van der Waals surface area contributed by atoms with E-state index in [-0.39, 0.29) is 11.7 Å². The molecule has 1 spiro atoms. The van der Waals surface area contributed by atoms with Crippen molar-refractivity contribution in [2.24, 2.45) is 5.41 Å². The maximum Gasteiger partial charge on any atom is 0.387 e. The molecule has 4 aromatic rings. The summed E-state index contributed by atoms with van der Waals surface area (Å²) in [5, 5.41) is 6.87. The van der Waals surface area contributed by atoms with E-state index in [1.54, 1.807) is 30.7 Å². The van der Waals surface area contributed by atoms with Crippen LogP contribution in [0.1, 0.15) is 41.6 Å². The zero-order valence-corrected chi connectivity index (χ0v) is 22.4. The summed E-state index contributed by atoms with van der Waals surface area (Å²) in [5.41, 5.74) is 4.97. The number of hydrogen-bond donors (Lipinski definition) is 2. The van der Waals surface area contributed by atoms with Gasteiger partial charge in [-0.3, -0.25) is 9.20 Å². The molecule has 0 aliphatic carbocycles. The second-order valence-corrected chi connectivity index (χ2v) is 10.7. The van der Waals surface area contributed by atoms with Crippen LogP contribution in [-0.2, 0) is 0 Å². The average molecular weight is 547 g/mol. The summed E-state index contributed by atoms with van der Waals surface area (Å²) in [6.45, 7) is 2.86. The van der Waals surface area contributed by atoms with Crippen LogP contribution >= 0.6 is 0 Å². The van der Waals surface area contributed by atoms with Gasteiger partial charge in [-0.2, -0.15) is 8.78 Å². The lowest BCUT2D eigenvalue weighted by molar-refractivity contribution is -0.0498. The number of piperidine rings is 2. The van der Waals surface area contributed by atoms with Crippen molar-refractivity contribution in [3.63, 3.8) is 0 Å². The number of anilines is 2. The summed E-state index contributed by atoms with van der Waals surface area (Å²) in [7, 11) is 0. The molecule has 2 aliphatic heterocycles. The van der Waals surface area contributed by atoms with Crippen molar-refractivity contribution >= 4 is 23.1 Å². The van der Waals surface area contributed by atoms with Crippen molar-refractivity contribution in [3.8, 4) is 17.0 Å². The minimum absolute atomic E-state index is 0.0887. The third-order valence-electron chi connectivity index (χ3n) is 8.19. The maximum atomic E-state index is 13.4. The fourth-order valence-corrected chi connectivity index (χ4v) is 5.96. The SMILES string of the molecule is Cc1cc(Nc2nccn3c(-c4ccc(OC(F)F)cc4)cnc23)ccc1C(=O)N1CCC2(CCCNC2)CC1. The van der Waals surface area contributed by atoms with E-state index in [1.807, 2.05) is 34.4 Å². The molecular formula is C30H32F2N6O2. The molecule has 0 unspecified atom stereocenters. The molecule has 0 atom stereocenters. The number of amides is 1. The van der Waals surface area contributed by atoms with Crippen molar-refractivity contribution in [2.45, 2.75) is 39.2 Å². The number of hydrogen-bond acceptors (Lipinski definition) is 6. The number of nitrogens with zero attached hydrogens (tertiary/aromatic N) is 4. The number of likely N-dealkylation sites (tertiary alicyclic amines) is 1. The summed E-state index contributed by atoms with van der Waals surface area (Å²) < 4.78 is 31.3. The Kier molecular flexibility index (Phi) is 7.10. The first-order valence-corrected chi connectivity index (χ1v) is 13.7. The molecule has 2 aliphatic rings. The Balaban J connectivity index is 1.16. The van der Waals surface area contributed by atoms with Gasteiger partial charge in [-0.25, -0.2) is 9.97 Å². The van der Waals surface area contributed by atoms with Crippen LogP contribution in [0.2, 0.25) is 0 Å². The predicted octanol–water partition coefficient (Wildman–Crippen LogP) is 5.66. The van der Waals surface area contributed by atoms with E-state index in [0.29, 0.717) is 16.9 Å². The van der Waals surface area contributed by atoms with Gasteiger partial charge in [0.05, 0.1) is 11.9 Å². The number of fused-ring (bicyclic) bond motifs is 1. The number of halogens is 2. The fourth-order valence-electron chi connectivity index (χ4n) is 5.96. The molecule has 1 amide bonds. The van der Waals surface area contributed by atoms with Crippen LogP contribution in [0, 0.1) is 12.3 Å². The molecule has 2 N–H and O–H groups in total. The molecular weight excluding hydrogens is 514 g/mol. The Morgan fingerprint density at radius 3 is 2.60 bits per heavy atom. The van der Waals surface area contributed by atoms with Crippen molar-refractivity contribution in [3.05, 3.63) is 72.2 Å². The zero-order valence-electron chi connectivity index (χ0n) is 22.4. The summed E-state index contributed by atoms with van der Waals surface area (Å²) in [6.07, 6.45) is 9.76. The lowest BCUT2D eigenvalue weighted by Crippen LogP contribution is -2.49. The number of aryl methyl sites for hydroxylation is 1. The predicted molar refractivity (Wildman–Crippen MR) is 149 cm³/mol. The largest absolute Gasteiger partial charge is 0.435 e. The van der Waals surface area contributed by atoms with E-state index in [4.69, 9.17) is 0 Å². The number of carbonyl (C=O) groups excluding carboxylic acids is 1. The van der Waals surface area contributed by atoms with Gasteiger partial charge < -0.3 is 20.3 Å². The van der Waals surface area contributed by atoms with Crippen LogP contribution in [0.4, 0.5) is 20.3 Å². The first-order valence-electron chi connectivity index (χ1n) is 13.7. The monoisotopic (exact) mass is 546 g/mol. The minimum Gasteiger partial charge on any atom is -0.435 e. The third kappa shape index (κ3) is 5.23. The van der Waals surface area contributed by atoms with Crippen LogP contribution in [0.3, 0.4) is 0 Å². The molecule has 8 nitrogen and oxygen atoms in total. The summed E-state index contributed by atoms with van der Waals surface area (Å²) in [6, 6.07) is 12.2. The Morgan fingerprint density at radius 2 is 1.90 bits per heavy atom. The Morgan fingerprint density at radius 1 is 1.10 bits per heavy atom. The second kappa shape index (κ2) is 10.8. The summed E-state index contributed by atoms with van der Waals surface area (Å²) in [4.78, 5) is 24.4. The first kappa shape index (κ1) is 26.2. The quantitative estimate of drug-likeness (QED) is 0.325. The standard InChI is InChI=1S/C30H32F2N6O2/c1-20-17-22(5-8-24(20)28(39)37-14-10-30(11-15-37)9-2-12-33-19-30)36-26-27-35-18-25(38(27)16-13-34-26)21-3-6-23(7-4-21)40-29(31)32/h3-8,13,16-18,29,33H,2,9-12,14-15,19H2,1H3,(H,34,36). The van der Waals surface area contributed by atoms with Gasteiger partial charge in [0.2, 0.25) is 0 Å². The molecule has 208 valence electrons. The summed E-state index contributed by atoms with van der Waals surface area (Å²) in [5.74, 6) is 0.748. The number of rotatable bonds is 6. The second-order valence-electron chi connectivity index (χ2n) is 10.7. The molecule has 2 saturated heterocycles. The van der Waals surface area contributed by atoms with E-state index in [2.05, 4.69) is 25.3 Å². The smallest absolute Gasteiger partial charge is 0.387 e. The van der Waals surface area contributed by atoms with Gasteiger partial charge in [-0.1, -0.05) is 0 Å². The Hall–Kier alpha value is -4.05. The molecule has 0 bridgehead atoms. The number of ether oxygens (including phenoxy) is 1. The van der Waals surface area contributed by atoms with Crippen LogP contribution in [0.25, 0.3) is 16.9 Å². The third-order valence-corrected chi connectivity index (χ3v) is 8.19. The number of aromatic nitrogens is 3. The van der Waals surface area contributed by atoms with Gasteiger partial charge in [0.25, 0.3) is 5.91 Å². The van der Waals surface area contributed by atoms with Crippen LogP contribution in [-0.4, -0.2) is 58.0 Å². The number of carbonyl (C=O) groups is 1. The normalized spacial score (nSPS) is 16.9. The van der Waals surface area contributed by atoms with Crippen LogP contribution < -0.4 is 15.4 Å². The van der Waals surface area contributed by atoms with Gasteiger partial charge in [0.15, 0.2) is 11.5 Å². The van der Waals surface area contributed by atoms with Crippen molar-refractivity contribution in [1.29, 1.82) is 0 Å². The van der Waals surface area contributed by atoms with Gasteiger partial charge in [-0.05, 0) is 92.6 Å². The van der Waals surface area contributed by atoms with Gasteiger partial charge in [0, 0.05) is 48.8 Å². The highest BCUT2D eigenvalue weighted by molar-refractivity contribution is 5.96. The lowest BCUT2D eigenvalue weighted by atomic mass is 9.73. The fraction of sp³-hybridized carbons (Fsp3) is 0.367. The zero-order chi connectivity index (χ0) is 27.7. The maximum absolute atomic E-state index is 13.4. The van der Waals surface area contributed by atoms with E-state index in [9.17, 15) is 13.6 Å². The molecule has 2 fully saturated rings. The lowest BCUT2D eigenvalue weighted by Gasteiger charge is -2.44. The molecule has 4 heterocycles. The highest BCUT2D eigenvalue weighted by Crippen LogP contribution is 2.38. The average Bonchev–Trinajstić information content (AvgIpc) is 3.39. The van der Waals surface area contributed by atoms with Gasteiger partial charge >= 0.3 is 6.61 Å². The minimum atomic E-state index is -2.87. The van der Waals surface area contributed by atoms with Gasteiger partial charge in [0.1, 0.15) is 5.75 Å². The first-order chi connectivity index (χ1) is 19.4. The summed E-state index contributed by atoms with van der Waals surface area (Å²) >= 11 is 0. The molecule has 10 heteroatoms. The van der Waals surface area contributed by atoms with E-state index >= 15 is 0 Å². The number of imidazole rings is 1. The van der Waals surface area contributed by atoms with Gasteiger partial charge in [-0.15, -0.1) is 0 Å². The molecule has 2 aromatic heterocycles. The molecule has 0 radical (unpaired) electrons. The topological polar surface area (TPSA) is 83.8 Å². The van der Waals surface area contributed by atoms with Crippen molar-refractivity contribution < 1.29 is 18.3 Å². The van der Waals surface area contributed by atoms with Crippen LogP contribution in [0.5, 0.6) is 5.75 Å². The van der Waals surface area contributed by atoms with E-state index < -0.39 is 6.61 Å². The highest BCUT2D eigenvalue weighted by atomic mass is 19.3. The molecule has 0 saturated carbocycles. The molecule has 6 rings (SSSR count). The molecule has 40 heavy (non-hydrogen) atoms. The van der Waals surface area contributed by atoms with Crippen molar-refractivity contribution in [1.82, 2.24) is 24.6 Å². The van der Waals surface area contributed by atoms with Crippen LogP contribution in [0.15, 0.2) is 61.1 Å². The van der Waals surface area contributed by atoms with E-state index in [1.165, 1.54) is 25.0 Å². The number of alkyl halides is 2. The van der Waals surface area contributed by atoms with Crippen molar-refractivity contribution in [2.75, 3.05) is 31.5 Å². The van der Waals surface area contributed by atoms with E-state index in [0.717, 1.165) is 67.1 Å².